The first-order chi connectivity index (χ1) is 11.4. The maximum Gasteiger partial charge on any atom is 0.226 e. The zero-order valence-corrected chi connectivity index (χ0v) is 17.1. The molecule has 6 nitrogen and oxygen atoms in total. The van der Waals surface area contributed by atoms with Crippen LogP contribution in [-0.4, -0.2) is 35.0 Å². The molecule has 1 aliphatic heterocycles. The number of nitrogens with one attached hydrogen (secondary N) is 2. The van der Waals surface area contributed by atoms with Crippen LogP contribution in [0.4, 0.5) is 11.4 Å². The van der Waals surface area contributed by atoms with E-state index in [1.807, 2.05) is 13.8 Å². The number of H-pyrrole nitrogens is 1. The molecule has 2 unspecified atom stereocenters. The number of aromatic nitrogens is 2. The molecule has 1 aliphatic rings. The summed E-state index contributed by atoms with van der Waals surface area (Å²) in [5, 5.41) is 3.93. The van der Waals surface area contributed by atoms with Gasteiger partial charge in [0, 0.05) is 37.4 Å². The van der Waals surface area contributed by atoms with Crippen molar-refractivity contribution < 1.29 is 4.79 Å². The number of carbonyl (C=O) groups is 1. The summed E-state index contributed by atoms with van der Waals surface area (Å²) >= 11 is 3.63. The van der Waals surface area contributed by atoms with Crippen molar-refractivity contribution in [2.45, 2.75) is 33.2 Å². The summed E-state index contributed by atoms with van der Waals surface area (Å²) in [6.07, 6.45) is 4.65. The average Bonchev–Trinajstić information content (AvgIpc) is 2.93. The average molecular weight is 431 g/mol. The number of anilines is 2. The van der Waals surface area contributed by atoms with E-state index in [1.165, 1.54) is 0 Å². The second-order valence-electron chi connectivity index (χ2n) is 6.90. The molecule has 3 heterocycles. The maximum atomic E-state index is 12.1. The lowest BCUT2D eigenvalue weighted by Gasteiger charge is -2.37. The number of pyridine rings is 1. The lowest BCUT2D eigenvalue weighted by Crippen LogP contribution is -2.47. The van der Waals surface area contributed by atoms with E-state index in [0.29, 0.717) is 5.92 Å². The van der Waals surface area contributed by atoms with Crippen molar-refractivity contribution in [1.29, 1.82) is 0 Å². The van der Waals surface area contributed by atoms with Gasteiger partial charge in [0.05, 0.1) is 21.2 Å². The molecule has 0 spiro atoms. The Hall–Kier alpha value is -1.31. The second kappa shape index (κ2) is 7.93. The van der Waals surface area contributed by atoms with Crippen LogP contribution in [0.3, 0.4) is 0 Å². The fourth-order valence-corrected chi connectivity index (χ4v) is 3.59. The van der Waals surface area contributed by atoms with Gasteiger partial charge >= 0.3 is 0 Å². The number of piperidine rings is 1. The van der Waals surface area contributed by atoms with Gasteiger partial charge in [0.25, 0.3) is 0 Å². The van der Waals surface area contributed by atoms with Gasteiger partial charge in [-0.15, -0.1) is 12.4 Å². The Bertz CT molecular complexity index is 763. The van der Waals surface area contributed by atoms with E-state index in [2.05, 4.69) is 43.0 Å². The number of rotatable bonds is 3. The molecule has 3 rings (SSSR count). The van der Waals surface area contributed by atoms with Crippen LogP contribution >= 0.6 is 28.3 Å². The molecule has 1 amide bonds. The zero-order chi connectivity index (χ0) is 17.4. The highest BCUT2D eigenvalue weighted by atomic mass is 79.9. The van der Waals surface area contributed by atoms with E-state index >= 15 is 0 Å². The minimum Gasteiger partial charge on any atom is -0.368 e. The maximum absolute atomic E-state index is 12.1. The molecule has 2 aromatic rings. The molecule has 0 aliphatic carbocycles. The SMILES string of the molecule is CC(C)C(=O)Nc1c[nH]c2ncc(Br)c(N3CCC(C)C(N)C3)c12.Cl. The molecule has 0 aromatic carbocycles. The van der Waals surface area contributed by atoms with Crippen molar-refractivity contribution in [2.75, 3.05) is 23.3 Å². The van der Waals surface area contributed by atoms with Crippen LogP contribution in [0.2, 0.25) is 0 Å². The Kier molecular flexibility index (Phi) is 6.35. The van der Waals surface area contributed by atoms with Gasteiger partial charge in [0.15, 0.2) is 0 Å². The summed E-state index contributed by atoms with van der Waals surface area (Å²) in [5.74, 6) is 0.428. The van der Waals surface area contributed by atoms with Crippen molar-refractivity contribution in [3.05, 3.63) is 16.9 Å². The van der Waals surface area contributed by atoms with Gasteiger partial charge in [-0.2, -0.15) is 0 Å². The van der Waals surface area contributed by atoms with Gasteiger partial charge in [0.2, 0.25) is 5.91 Å². The molecule has 0 bridgehead atoms. The number of nitrogens with zero attached hydrogens (tertiary/aromatic N) is 2. The van der Waals surface area contributed by atoms with Crippen molar-refractivity contribution in [3.8, 4) is 0 Å². The van der Waals surface area contributed by atoms with E-state index < -0.39 is 0 Å². The van der Waals surface area contributed by atoms with Crippen LogP contribution < -0.4 is 16.0 Å². The molecular formula is C17H25BrClN5O. The van der Waals surface area contributed by atoms with Gasteiger partial charge in [-0.1, -0.05) is 20.8 Å². The Morgan fingerprint density at radius 3 is 2.88 bits per heavy atom. The smallest absolute Gasteiger partial charge is 0.226 e. The predicted molar refractivity (Wildman–Crippen MR) is 108 cm³/mol. The monoisotopic (exact) mass is 429 g/mol. The molecule has 0 saturated carbocycles. The standard InChI is InChI=1S/C17H24BrN5O.ClH/c1-9(2)17(24)22-13-7-21-16-14(13)15(11(18)6-20-16)23-5-4-10(3)12(19)8-23;/h6-7,9-10,12H,4-5,8,19H2,1-3H3,(H,20,21)(H,22,24);1H. The minimum atomic E-state index is -0.0808. The van der Waals surface area contributed by atoms with Crippen molar-refractivity contribution in [1.82, 2.24) is 9.97 Å². The second-order valence-corrected chi connectivity index (χ2v) is 7.75. The third kappa shape index (κ3) is 3.93. The summed E-state index contributed by atoms with van der Waals surface area (Å²) in [5.41, 5.74) is 8.85. The fraction of sp³-hybridized carbons (Fsp3) is 0.529. The molecule has 8 heteroatoms. The molecule has 2 aromatic heterocycles. The minimum absolute atomic E-state index is 0. The van der Waals surface area contributed by atoms with Gasteiger partial charge in [-0.3, -0.25) is 4.79 Å². The number of hydrogen-bond acceptors (Lipinski definition) is 4. The summed E-state index contributed by atoms with van der Waals surface area (Å²) in [6, 6.07) is 0.140. The molecule has 0 radical (unpaired) electrons. The first-order valence-corrected chi connectivity index (χ1v) is 9.14. The highest BCUT2D eigenvalue weighted by Gasteiger charge is 2.27. The summed E-state index contributed by atoms with van der Waals surface area (Å²) in [6.45, 7) is 7.69. The Balaban J connectivity index is 0.00000225. The van der Waals surface area contributed by atoms with Crippen molar-refractivity contribution in [2.24, 2.45) is 17.6 Å². The van der Waals surface area contributed by atoms with E-state index in [1.54, 1.807) is 12.4 Å². The molecule has 1 fully saturated rings. The third-order valence-electron chi connectivity index (χ3n) is 4.74. The lowest BCUT2D eigenvalue weighted by molar-refractivity contribution is -0.118. The highest BCUT2D eigenvalue weighted by molar-refractivity contribution is 9.10. The first kappa shape index (κ1) is 20.0. The number of fused-ring (bicyclic) bond motifs is 1. The van der Waals surface area contributed by atoms with E-state index in [4.69, 9.17) is 5.73 Å². The van der Waals surface area contributed by atoms with Crippen LogP contribution in [0.15, 0.2) is 16.9 Å². The molecular weight excluding hydrogens is 406 g/mol. The van der Waals surface area contributed by atoms with Gasteiger partial charge in [-0.05, 0) is 28.3 Å². The van der Waals surface area contributed by atoms with Crippen LogP contribution in [0.1, 0.15) is 27.2 Å². The Morgan fingerprint density at radius 2 is 2.24 bits per heavy atom. The van der Waals surface area contributed by atoms with Crippen LogP contribution in [0.25, 0.3) is 11.0 Å². The summed E-state index contributed by atoms with van der Waals surface area (Å²) < 4.78 is 0.913. The summed E-state index contributed by atoms with van der Waals surface area (Å²) in [7, 11) is 0. The van der Waals surface area contributed by atoms with E-state index in [-0.39, 0.29) is 30.3 Å². The van der Waals surface area contributed by atoms with Crippen LogP contribution in [0, 0.1) is 11.8 Å². The topological polar surface area (TPSA) is 87.0 Å². The Labute approximate surface area is 162 Å². The van der Waals surface area contributed by atoms with Crippen molar-refractivity contribution >= 4 is 56.7 Å². The number of amides is 1. The van der Waals surface area contributed by atoms with Crippen LogP contribution in [-0.2, 0) is 4.79 Å². The lowest BCUT2D eigenvalue weighted by atomic mass is 9.94. The third-order valence-corrected chi connectivity index (χ3v) is 5.32. The van der Waals surface area contributed by atoms with Crippen molar-refractivity contribution in [3.63, 3.8) is 0 Å². The number of hydrogen-bond donors (Lipinski definition) is 3. The number of carbonyl (C=O) groups excluding carboxylic acids is 1. The first-order valence-electron chi connectivity index (χ1n) is 8.35. The number of nitrogens with two attached hydrogens (primary N) is 1. The normalized spacial score (nSPS) is 20.6. The number of halogens is 2. The largest absolute Gasteiger partial charge is 0.368 e. The fourth-order valence-electron chi connectivity index (χ4n) is 3.04. The molecule has 138 valence electrons. The van der Waals surface area contributed by atoms with E-state index in [9.17, 15) is 4.79 Å². The number of aromatic amines is 1. The quantitative estimate of drug-likeness (QED) is 0.695. The molecule has 2 atom stereocenters. The summed E-state index contributed by atoms with van der Waals surface area (Å²) in [4.78, 5) is 22.0. The highest BCUT2D eigenvalue weighted by Crippen LogP contribution is 2.39. The van der Waals surface area contributed by atoms with E-state index in [0.717, 1.165) is 46.4 Å². The van der Waals surface area contributed by atoms with Gasteiger partial charge in [-0.25, -0.2) is 4.98 Å². The Morgan fingerprint density at radius 1 is 1.52 bits per heavy atom. The van der Waals surface area contributed by atoms with Gasteiger partial charge < -0.3 is 20.9 Å². The van der Waals surface area contributed by atoms with Gasteiger partial charge in [0.1, 0.15) is 5.65 Å². The van der Waals surface area contributed by atoms with Crippen LogP contribution in [0.5, 0.6) is 0 Å². The molecule has 4 N–H and O–H groups in total. The molecule has 25 heavy (non-hydrogen) atoms. The predicted octanol–water partition coefficient (Wildman–Crippen LogP) is 3.52. The molecule has 1 saturated heterocycles. The zero-order valence-electron chi connectivity index (χ0n) is 14.7.